The van der Waals surface area contributed by atoms with E-state index in [0.717, 1.165) is 18.7 Å². The van der Waals surface area contributed by atoms with Crippen molar-refractivity contribution in [2.45, 2.75) is 26.7 Å². The van der Waals surface area contributed by atoms with Crippen LogP contribution in [0.3, 0.4) is 0 Å². The van der Waals surface area contributed by atoms with Crippen molar-refractivity contribution in [3.63, 3.8) is 0 Å². The molecule has 0 atom stereocenters. The van der Waals surface area contributed by atoms with E-state index >= 15 is 0 Å². The summed E-state index contributed by atoms with van der Waals surface area (Å²) in [6.45, 7) is 5.77. The van der Waals surface area contributed by atoms with Gasteiger partial charge in [0.05, 0.1) is 11.4 Å². The molecular formula is C13H20N2O2S. The monoisotopic (exact) mass is 268 g/mol. The van der Waals surface area contributed by atoms with Crippen LogP contribution in [-0.2, 0) is 10.0 Å². The van der Waals surface area contributed by atoms with Gasteiger partial charge in [-0.05, 0) is 50.5 Å². The second kappa shape index (κ2) is 5.18. The Balaban J connectivity index is 2.19. The lowest BCUT2D eigenvalue weighted by Crippen LogP contribution is -2.18. The lowest BCUT2D eigenvalue weighted by Gasteiger charge is -2.19. The highest BCUT2D eigenvalue weighted by Gasteiger charge is 2.14. The Morgan fingerprint density at radius 1 is 1.28 bits per heavy atom. The summed E-state index contributed by atoms with van der Waals surface area (Å²) >= 11 is 0. The predicted molar refractivity (Wildman–Crippen MR) is 75.7 cm³/mol. The standard InChI is InChI=1S/C13H20N2O2S/c1-3-18(16,17)14-13-7-6-12(10-11(13)2)15-8-4-5-9-15/h6-7,10,14H,3-5,8-9H2,1-2H3. The molecule has 1 saturated heterocycles. The minimum absolute atomic E-state index is 0.0975. The van der Waals surface area contributed by atoms with Crippen LogP contribution in [0, 0.1) is 6.92 Å². The fourth-order valence-electron chi connectivity index (χ4n) is 2.17. The van der Waals surface area contributed by atoms with Crippen molar-refractivity contribution < 1.29 is 8.42 Å². The zero-order valence-electron chi connectivity index (χ0n) is 10.9. The molecule has 1 heterocycles. The van der Waals surface area contributed by atoms with E-state index in [2.05, 4.69) is 15.7 Å². The highest BCUT2D eigenvalue weighted by Crippen LogP contribution is 2.26. The van der Waals surface area contributed by atoms with Gasteiger partial charge in [-0.25, -0.2) is 8.42 Å². The molecule has 4 nitrogen and oxygen atoms in total. The van der Waals surface area contributed by atoms with E-state index < -0.39 is 10.0 Å². The number of hydrogen-bond acceptors (Lipinski definition) is 3. The van der Waals surface area contributed by atoms with Gasteiger partial charge in [0.2, 0.25) is 10.0 Å². The fraction of sp³-hybridized carbons (Fsp3) is 0.538. The number of aryl methyl sites for hydroxylation is 1. The Labute approximate surface area is 109 Å². The van der Waals surface area contributed by atoms with Gasteiger partial charge in [0.25, 0.3) is 0 Å². The van der Waals surface area contributed by atoms with Crippen LogP contribution in [0.15, 0.2) is 18.2 Å². The summed E-state index contributed by atoms with van der Waals surface area (Å²) in [5, 5.41) is 0. The Kier molecular flexibility index (Phi) is 3.80. The molecule has 1 aromatic carbocycles. The third-order valence-electron chi connectivity index (χ3n) is 3.33. The van der Waals surface area contributed by atoms with Crippen LogP contribution in [0.4, 0.5) is 11.4 Å². The van der Waals surface area contributed by atoms with Crippen molar-refractivity contribution in [3.8, 4) is 0 Å². The predicted octanol–water partition coefficient (Wildman–Crippen LogP) is 2.36. The van der Waals surface area contributed by atoms with Crippen LogP contribution >= 0.6 is 0 Å². The molecule has 0 saturated carbocycles. The number of hydrogen-bond donors (Lipinski definition) is 1. The first-order chi connectivity index (χ1) is 8.52. The highest BCUT2D eigenvalue weighted by molar-refractivity contribution is 7.92. The van der Waals surface area contributed by atoms with Crippen molar-refractivity contribution in [2.75, 3.05) is 28.5 Å². The van der Waals surface area contributed by atoms with Crippen LogP contribution in [0.5, 0.6) is 0 Å². The maximum absolute atomic E-state index is 11.5. The summed E-state index contributed by atoms with van der Waals surface area (Å²) in [4.78, 5) is 2.34. The number of nitrogens with zero attached hydrogens (tertiary/aromatic N) is 1. The largest absolute Gasteiger partial charge is 0.372 e. The normalized spacial score (nSPS) is 16.0. The summed E-state index contributed by atoms with van der Waals surface area (Å²) < 4.78 is 25.7. The molecule has 0 aliphatic carbocycles. The summed E-state index contributed by atoms with van der Waals surface area (Å²) in [6.07, 6.45) is 2.48. The number of anilines is 2. The molecular weight excluding hydrogens is 248 g/mol. The molecule has 1 aromatic rings. The summed E-state index contributed by atoms with van der Waals surface area (Å²) in [6, 6.07) is 5.90. The molecule has 1 aliphatic rings. The minimum atomic E-state index is -3.19. The Morgan fingerprint density at radius 2 is 1.94 bits per heavy atom. The first-order valence-corrected chi connectivity index (χ1v) is 8.03. The van der Waals surface area contributed by atoms with E-state index in [1.165, 1.54) is 18.5 Å². The van der Waals surface area contributed by atoms with E-state index in [4.69, 9.17) is 0 Å². The quantitative estimate of drug-likeness (QED) is 0.912. The van der Waals surface area contributed by atoms with E-state index in [-0.39, 0.29) is 5.75 Å². The van der Waals surface area contributed by atoms with Gasteiger partial charge >= 0.3 is 0 Å². The van der Waals surface area contributed by atoms with Crippen LogP contribution in [0.2, 0.25) is 0 Å². The van der Waals surface area contributed by atoms with Crippen LogP contribution in [-0.4, -0.2) is 27.3 Å². The second-order valence-electron chi connectivity index (χ2n) is 4.70. The number of rotatable bonds is 4. The zero-order valence-corrected chi connectivity index (χ0v) is 11.8. The molecule has 100 valence electrons. The number of benzene rings is 1. The lowest BCUT2D eigenvalue weighted by molar-refractivity contribution is 0.602. The van der Waals surface area contributed by atoms with Gasteiger partial charge in [-0.2, -0.15) is 0 Å². The molecule has 1 aliphatic heterocycles. The third kappa shape index (κ3) is 2.96. The van der Waals surface area contributed by atoms with Crippen molar-refractivity contribution >= 4 is 21.4 Å². The lowest BCUT2D eigenvalue weighted by atomic mass is 10.2. The highest BCUT2D eigenvalue weighted by atomic mass is 32.2. The fourth-order valence-corrected chi connectivity index (χ4v) is 2.88. The average molecular weight is 268 g/mol. The molecule has 0 aromatic heterocycles. The summed E-state index contributed by atoms with van der Waals surface area (Å²) in [5.41, 5.74) is 2.83. The van der Waals surface area contributed by atoms with E-state index in [0.29, 0.717) is 5.69 Å². The SMILES string of the molecule is CCS(=O)(=O)Nc1ccc(N2CCCC2)cc1C. The maximum Gasteiger partial charge on any atom is 0.232 e. The minimum Gasteiger partial charge on any atom is -0.372 e. The number of sulfonamides is 1. The zero-order chi connectivity index (χ0) is 13.2. The van der Waals surface area contributed by atoms with Crippen molar-refractivity contribution in [1.82, 2.24) is 0 Å². The van der Waals surface area contributed by atoms with Gasteiger partial charge in [-0.1, -0.05) is 0 Å². The average Bonchev–Trinajstić information content (AvgIpc) is 2.85. The van der Waals surface area contributed by atoms with E-state index in [1.807, 2.05) is 19.1 Å². The molecule has 2 rings (SSSR count). The molecule has 0 amide bonds. The molecule has 0 bridgehead atoms. The smallest absolute Gasteiger partial charge is 0.232 e. The van der Waals surface area contributed by atoms with Gasteiger partial charge in [-0.3, -0.25) is 4.72 Å². The molecule has 0 radical (unpaired) electrons. The molecule has 5 heteroatoms. The van der Waals surface area contributed by atoms with Gasteiger partial charge in [0.15, 0.2) is 0 Å². The van der Waals surface area contributed by atoms with Crippen LogP contribution in [0.25, 0.3) is 0 Å². The molecule has 0 unspecified atom stereocenters. The molecule has 0 spiro atoms. The third-order valence-corrected chi connectivity index (χ3v) is 4.62. The first kappa shape index (κ1) is 13.2. The van der Waals surface area contributed by atoms with Crippen LogP contribution < -0.4 is 9.62 Å². The molecule has 1 N–H and O–H groups in total. The summed E-state index contributed by atoms with van der Waals surface area (Å²) in [7, 11) is -3.19. The van der Waals surface area contributed by atoms with Crippen molar-refractivity contribution in [1.29, 1.82) is 0 Å². The first-order valence-electron chi connectivity index (χ1n) is 6.38. The van der Waals surface area contributed by atoms with Crippen LogP contribution in [0.1, 0.15) is 25.3 Å². The Bertz CT molecular complexity index is 520. The van der Waals surface area contributed by atoms with Gasteiger partial charge in [0.1, 0.15) is 0 Å². The topological polar surface area (TPSA) is 49.4 Å². The molecule has 18 heavy (non-hydrogen) atoms. The Morgan fingerprint density at radius 3 is 2.50 bits per heavy atom. The molecule has 1 fully saturated rings. The summed E-state index contributed by atoms with van der Waals surface area (Å²) in [5.74, 6) is 0.0975. The number of nitrogens with one attached hydrogen (secondary N) is 1. The van der Waals surface area contributed by atoms with Gasteiger partial charge in [-0.15, -0.1) is 0 Å². The maximum atomic E-state index is 11.5. The van der Waals surface area contributed by atoms with Gasteiger partial charge < -0.3 is 4.90 Å². The second-order valence-corrected chi connectivity index (χ2v) is 6.71. The van der Waals surface area contributed by atoms with Crippen molar-refractivity contribution in [2.24, 2.45) is 0 Å². The van der Waals surface area contributed by atoms with Crippen molar-refractivity contribution in [3.05, 3.63) is 23.8 Å². The van der Waals surface area contributed by atoms with E-state index in [1.54, 1.807) is 6.92 Å². The Hall–Kier alpha value is -1.23. The van der Waals surface area contributed by atoms with E-state index in [9.17, 15) is 8.42 Å². The van der Waals surface area contributed by atoms with Gasteiger partial charge in [0, 0.05) is 18.8 Å².